The van der Waals surface area contributed by atoms with Crippen LogP contribution in [0.2, 0.25) is 0 Å². The number of aromatic nitrogens is 1. The van der Waals surface area contributed by atoms with Crippen LogP contribution in [0.4, 0.5) is 5.00 Å². The van der Waals surface area contributed by atoms with Crippen LogP contribution in [0.1, 0.15) is 58.9 Å². The van der Waals surface area contributed by atoms with Gasteiger partial charge in [-0.15, -0.1) is 22.7 Å². The van der Waals surface area contributed by atoms with Crippen LogP contribution in [-0.4, -0.2) is 35.5 Å². The van der Waals surface area contributed by atoms with E-state index in [0.29, 0.717) is 17.0 Å². The van der Waals surface area contributed by atoms with Gasteiger partial charge in [-0.3, -0.25) is 9.59 Å². The van der Waals surface area contributed by atoms with E-state index in [4.69, 9.17) is 9.47 Å². The summed E-state index contributed by atoms with van der Waals surface area (Å²) < 4.78 is 11.6. The first kappa shape index (κ1) is 23.4. The number of hydrogen-bond acceptors (Lipinski definition) is 8. The number of ether oxygens (including phenoxy) is 2. The first-order chi connectivity index (χ1) is 16.0. The average Bonchev–Trinajstić information content (AvgIpc) is 3.38. The summed E-state index contributed by atoms with van der Waals surface area (Å²) in [7, 11) is 0. The quantitative estimate of drug-likeness (QED) is 0.454. The Balaban J connectivity index is 1.36. The van der Waals surface area contributed by atoms with E-state index in [9.17, 15) is 14.4 Å². The summed E-state index contributed by atoms with van der Waals surface area (Å²) in [6.45, 7) is 3.55. The number of benzene rings is 1. The second kappa shape index (κ2) is 10.4. The Morgan fingerprint density at radius 2 is 1.94 bits per heavy atom. The fourth-order valence-electron chi connectivity index (χ4n) is 3.83. The van der Waals surface area contributed by atoms with Gasteiger partial charge in [-0.25, -0.2) is 9.78 Å². The monoisotopic (exact) mass is 486 g/mol. The van der Waals surface area contributed by atoms with Gasteiger partial charge >= 0.3 is 11.9 Å². The summed E-state index contributed by atoms with van der Waals surface area (Å²) in [4.78, 5) is 43.2. The van der Waals surface area contributed by atoms with Crippen molar-refractivity contribution in [3.05, 3.63) is 45.3 Å². The van der Waals surface area contributed by atoms with Gasteiger partial charge in [0.15, 0.2) is 6.10 Å². The molecule has 0 aliphatic heterocycles. The lowest BCUT2D eigenvalue weighted by Crippen LogP contribution is -2.30. The van der Waals surface area contributed by atoms with Crippen LogP contribution in [-0.2, 0) is 38.3 Å². The van der Waals surface area contributed by atoms with Crippen molar-refractivity contribution in [2.75, 3.05) is 11.9 Å². The summed E-state index contributed by atoms with van der Waals surface area (Å²) in [6.07, 6.45) is 3.36. The van der Waals surface area contributed by atoms with E-state index < -0.39 is 23.9 Å². The van der Waals surface area contributed by atoms with E-state index in [0.717, 1.165) is 51.3 Å². The van der Waals surface area contributed by atoms with Gasteiger partial charge in [-0.05, 0) is 57.2 Å². The molecule has 7 nitrogen and oxygen atoms in total. The number of thiazole rings is 1. The van der Waals surface area contributed by atoms with Crippen LogP contribution in [0.5, 0.6) is 0 Å². The van der Waals surface area contributed by atoms with Crippen molar-refractivity contribution in [1.29, 1.82) is 0 Å². The lowest BCUT2D eigenvalue weighted by molar-refractivity contribution is -0.153. The first-order valence-corrected chi connectivity index (χ1v) is 12.8. The number of nitrogens with one attached hydrogen (secondary N) is 1. The van der Waals surface area contributed by atoms with E-state index >= 15 is 0 Å². The smallest absolute Gasteiger partial charge is 0.341 e. The van der Waals surface area contributed by atoms with Crippen molar-refractivity contribution in [3.8, 4) is 0 Å². The molecular formula is C24H26N2O5S2. The van der Waals surface area contributed by atoms with Crippen LogP contribution >= 0.6 is 22.7 Å². The molecule has 1 atom stereocenters. The minimum atomic E-state index is -0.984. The molecule has 1 unspecified atom stereocenters. The van der Waals surface area contributed by atoms with Gasteiger partial charge in [-0.2, -0.15) is 0 Å². The third-order valence-corrected chi connectivity index (χ3v) is 7.75. The molecule has 0 bridgehead atoms. The molecule has 0 fully saturated rings. The number of carbonyl (C=O) groups excluding carboxylic acids is 3. The van der Waals surface area contributed by atoms with E-state index in [1.807, 2.05) is 24.3 Å². The van der Waals surface area contributed by atoms with Gasteiger partial charge in [0.05, 0.1) is 33.8 Å². The van der Waals surface area contributed by atoms with Crippen LogP contribution in [0.25, 0.3) is 10.2 Å². The SMILES string of the molecule is CCOC(=O)c1c(NC(=O)C(C)OC(=O)CCc2nc3ccccc3s2)sc2c1CCCC2. The molecule has 3 aromatic rings. The standard InChI is InChI=1S/C24H26N2O5S2/c1-3-30-24(29)21-15-8-4-6-10-17(15)33-23(21)26-22(28)14(2)31-20(27)13-12-19-25-16-9-5-7-11-18(16)32-19/h5,7,9,11,14H,3-4,6,8,10,12-13H2,1-2H3,(H,26,28). The first-order valence-electron chi connectivity index (χ1n) is 11.1. The molecular weight excluding hydrogens is 460 g/mol. The number of amides is 1. The van der Waals surface area contributed by atoms with Crippen molar-refractivity contribution in [1.82, 2.24) is 4.98 Å². The number of hydrogen-bond donors (Lipinski definition) is 1. The number of esters is 2. The van der Waals surface area contributed by atoms with Crippen LogP contribution in [0.15, 0.2) is 24.3 Å². The Morgan fingerprint density at radius 1 is 1.15 bits per heavy atom. The fraction of sp³-hybridized carbons (Fsp3) is 0.417. The second-order valence-corrected chi connectivity index (χ2v) is 10.1. The van der Waals surface area contributed by atoms with Crippen molar-refractivity contribution >= 4 is 55.7 Å². The van der Waals surface area contributed by atoms with E-state index in [2.05, 4.69) is 10.3 Å². The highest BCUT2D eigenvalue weighted by Gasteiger charge is 2.28. The summed E-state index contributed by atoms with van der Waals surface area (Å²) in [5.74, 6) is -1.35. The molecule has 1 amide bonds. The highest BCUT2D eigenvalue weighted by atomic mass is 32.1. The van der Waals surface area contributed by atoms with Gasteiger partial charge in [0.1, 0.15) is 5.00 Å². The van der Waals surface area contributed by atoms with Gasteiger partial charge in [0, 0.05) is 11.3 Å². The molecule has 174 valence electrons. The zero-order chi connectivity index (χ0) is 23.4. The molecule has 1 aromatic carbocycles. The predicted molar refractivity (Wildman–Crippen MR) is 129 cm³/mol. The second-order valence-electron chi connectivity index (χ2n) is 7.83. The molecule has 0 saturated carbocycles. The van der Waals surface area contributed by atoms with Gasteiger partial charge in [-0.1, -0.05) is 12.1 Å². The zero-order valence-electron chi connectivity index (χ0n) is 18.6. The van der Waals surface area contributed by atoms with Gasteiger partial charge in [0.25, 0.3) is 5.91 Å². The van der Waals surface area contributed by atoms with Crippen molar-refractivity contribution in [2.45, 2.75) is 58.5 Å². The van der Waals surface area contributed by atoms with E-state index in [1.165, 1.54) is 18.3 Å². The molecule has 1 aliphatic carbocycles. The summed E-state index contributed by atoms with van der Waals surface area (Å²) in [5, 5.41) is 4.12. The zero-order valence-corrected chi connectivity index (χ0v) is 20.3. The van der Waals surface area contributed by atoms with Crippen LogP contribution in [0.3, 0.4) is 0 Å². The average molecular weight is 487 g/mol. The fourth-order valence-corrected chi connectivity index (χ4v) is 6.08. The Hall–Kier alpha value is -2.78. The summed E-state index contributed by atoms with van der Waals surface area (Å²) >= 11 is 2.96. The largest absolute Gasteiger partial charge is 0.462 e. The third kappa shape index (κ3) is 5.42. The van der Waals surface area contributed by atoms with Crippen LogP contribution < -0.4 is 5.32 Å². The molecule has 2 aromatic heterocycles. The van der Waals surface area contributed by atoms with Crippen molar-refractivity contribution < 1.29 is 23.9 Å². The topological polar surface area (TPSA) is 94.6 Å². The molecule has 0 radical (unpaired) electrons. The third-order valence-electron chi connectivity index (χ3n) is 5.45. The Kier molecular flexibility index (Phi) is 7.39. The molecule has 0 saturated heterocycles. The molecule has 33 heavy (non-hydrogen) atoms. The van der Waals surface area contributed by atoms with Crippen molar-refractivity contribution in [3.63, 3.8) is 0 Å². The Morgan fingerprint density at radius 3 is 2.73 bits per heavy atom. The van der Waals surface area contributed by atoms with Gasteiger partial charge in [0.2, 0.25) is 0 Å². The normalized spacial score (nSPS) is 13.9. The maximum absolute atomic E-state index is 12.7. The number of para-hydroxylation sites is 1. The minimum Gasteiger partial charge on any atom is -0.462 e. The maximum Gasteiger partial charge on any atom is 0.341 e. The lowest BCUT2D eigenvalue weighted by Gasteiger charge is -2.14. The molecule has 0 spiro atoms. The highest BCUT2D eigenvalue weighted by molar-refractivity contribution is 7.18. The molecule has 4 rings (SSSR count). The number of carbonyl (C=O) groups is 3. The molecule has 1 aliphatic rings. The number of nitrogens with zero attached hydrogens (tertiary/aromatic N) is 1. The number of anilines is 1. The number of rotatable bonds is 8. The summed E-state index contributed by atoms with van der Waals surface area (Å²) in [6, 6.07) is 7.81. The Labute approximate surface area is 200 Å². The number of aryl methyl sites for hydroxylation is 2. The van der Waals surface area contributed by atoms with E-state index in [1.54, 1.807) is 18.3 Å². The summed E-state index contributed by atoms with van der Waals surface area (Å²) in [5.41, 5.74) is 2.33. The Bertz CT molecular complexity index is 1150. The van der Waals surface area contributed by atoms with Crippen molar-refractivity contribution in [2.24, 2.45) is 0 Å². The molecule has 2 heterocycles. The predicted octanol–water partition coefficient (Wildman–Crippen LogP) is 4.92. The van der Waals surface area contributed by atoms with Gasteiger partial charge < -0.3 is 14.8 Å². The lowest BCUT2D eigenvalue weighted by atomic mass is 9.95. The minimum absolute atomic E-state index is 0.138. The number of fused-ring (bicyclic) bond motifs is 2. The number of thiophene rings is 1. The maximum atomic E-state index is 12.7. The molecule has 9 heteroatoms. The van der Waals surface area contributed by atoms with Crippen LogP contribution in [0, 0.1) is 0 Å². The highest BCUT2D eigenvalue weighted by Crippen LogP contribution is 2.38. The molecule has 1 N–H and O–H groups in total. The van der Waals surface area contributed by atoms with E-state index in [-0.39, 0.29) is 13.0 Å².